The van der Waals surface area contributed by atoms with Gasteiger partial charge in [0.15, 0.2) is 0 Å². The Morgan fingerprint density at radius 3 is 2.55 bits per heavy atom. The lowest BCUT2D eigenvalue weighted by molar-refractivity contribution is 0.157. The van der Waals surface area contributed by atoms with Crippen molar-refractivity contribution in [2.24, 2.45) is 11.8 Å². The average molecular weight is 278 g/mol. The van der Waals surface area contributed by atoms with E-state index in [0.29, 0.717) is 5.92 Å². The molecular formula is C17H27FN2. The minimum atomic E-state index is -0.106. The number of rotatable bonds is 5. The van der Waals surface area contributed by atoms with E-state index in [0.717, 1.165) is 18.0 Å². The van der Waals surface area contributed by atoms with Crippen molar-refractivity contribution in [2.75, 3.05) is 26.7 Å². The number of piperidine rings is 1. The number of likely N-dealkylation sites (tertiary alicyclic amines) is 1. The molecule has 1 saturated heterocycles. The number of halogens is 1. The third-order valence-corrected chi connectivity index (χ3v) is 4.54. The molecule has 112 valence electrons. The van der Waals surface area contributed by atoms with Crippen LogP contribution in [0.1, 0.15) is 38.3 Å². The summed E-state index contributed by atoms with van der Waals surface area (Å²) >= 11 is 0. The van der Waals surface area contributed by atoms with Crippen molar-refractivity contribution in [3.8, 4) is 0 Å². The molecule has 0 spiro atoms. The SMILES string of the molecule is CNC(c1ccccc1F)C(C)CN1CCC(C)CC1. The molecule has 0 bridgehead atoms. The first-order chi connectivity index (χ1) is 9.61. The van der Waals surface area contributed by atoms with Crippen molar-refractivity contribution in [3.63, 3.8) is 0 Å². The van der Waals surface area contributed by atoms with Crippen LogP contribution in [0.15, 0.2) is 24.3 Å². The number of nitrogens with one attached hydrogen (secondary N) is 1. The maximum atomic E-state index is 14.0. The van der Waals surface area contributed by atoms with Gasteiger partial charge < -0.3 is 10.2 Å². The van der Waals surface area contributed by atoms with Crippen LogP contribution in [0.2, 0.25) is 0 Å². The van der Waals surface area contributed by atoms with E-state index in [1.54, 1.807) is 12.1 Å². The van der Waals surface area contributed by atoms with Crippen LogP contribution in [0.3, 0.4) is 0 Å². The predicted octanol–water partition coefficient (Wildman–Crippen LogP) is 3.45. The second-order valence-electron chi connectivity index (χ2n) is 6.25. The fourth-order valence-corrected chi connectivity index (χ4v) is 3.23. The lowest BCUT2D eigenvalue weighted by atomic mass is 9.92. The van der Waals surface area contributed by atoms with E-state index in [2.05, 4.69) is 24.1 Å². The topological polar surface area (TPSA) is 15.3 Å². The van der Waals surface area contributed by atoms with Crippen LogP contribution in [0.25, 0.3) is 0 Å². The molecule has 1 aromatic carbocycles. The van der Waals surface area contributed by atoms with Crippen LogP contribution in [0.4, 0.5) is 4.39 Å². The largest absolute Gasteiger partial charge is 0.313 e. The van der Waals surface area contributed by atoms with Gasteiger partial charge in [0, 0.05) is 18.2 Å². The normalized spacial score (nSPS) is 20.8. The molecule has 1 heterocycles. The molecule has 0 aromatic heterocycles. The van der Waals surface area contributed by atoms with E-state index in [9.17, 15) is 4.39 Å². The number of nitrogens with zero attached hydrogens (tertiary/aromatic N) is 1. The summed E-state index contributed by atoms with van der Waals surface area (Å²) in [4.78, 5) is 2.52. The second kappa shape index (κ2) is 7.19. The van der Waals surface area contributed by atoms with Gasteiger partial charge in [-0.2, -0.15) is 0 Å². The van der Waals surface area contributed by atoms with Crippen molar-refractivity contribution in [1.82, 2.24) is 10.2 Å². The molecular weight excluding hydrogens is 251 g/mol. The summed E-state index contributed by atoms with van der Waals surface area (Å²) in [7, 11) is 1.92. The number of benzene rings is 1. The molecule has 0 radical (unpaired) electrons. The lowest BCUT2D eigenvalue weighted by Gasteiger charge is -2.34. The molecule has 0 amide bonds. The smallest absolute Gasteiger partial charge is 0.127 e. The highest BCUT2D eigenvalue weighted by Gasteiger charge is 2.24. The molecule has 2 unspecified atom stereocenters. The van der Waals surface area contributed by atoms with Crippen LogP contribution in [0, 0.1) is 17.7 Å². The third-order valence-electron chi connectivity index (χ3n) is 4.54. The zero-order valence-corrected chi connectivity index (χ0v) is 12.9. The van der Waals surface area contributed by atoms with Gasteiger partial charge in [-0.15, -0.1) is 0 Å². The Labute approximate surface area is 122 Å². The molecule has 0 aliphatic carbocycles. The van der Waals surface area contributed by atoms with E-state index < -0.39 is 0 Å². The first-order valence-corrected chi connectivity index (χ1v) is 7.76. The standard InChI is InChI=1S/C17H27FN2/c1-13-8-10-20(11-9-13)12-14(2)17(19-3)15-6-4-5-7-16(15)18/h4-7,13-14,17,19H,8-12H2,1-3H3. The highest BCUT2D eigenvalue weighted by atomic mass is 19.1. The highest BCUT2D eigenvalue weighted by molar-refractivity contribution is 5.21. The van der Waals surface area contributed by atoms with Crippen LogP contribution < -0.4 is 5.32 Å². The zero-order valence-electron chi connectivity index (χ0n) is 12.9. The van der Waals surface area contributed by atoms with E-state index in [1.165, 1.54) is 25.9 Å². The summed E-state index contributed by atoms with van der Waals surface area (Å²) in [5, 5.41) is 3.29. The molecule has 20 heavy (non-hydrogen) atoms. The Morgan fingerprint density at radius 1 is 1.30 bits per heavy atom. The lowest BCUT2D eigenvalue weighted by Crippen LogP contribution is -2.39. The third kappa shape index (κ3) is 3.80. The van der Waals surface area contributed by atoms with Gasteiger partial charge in [-0.3, -0.25) is 0 Å². The Balaban J connectivity index is 1.99. The summed E-state index contributed by atoms with van der Waals surface area (Å²) in [6.45, 7) is 7.94. The first kappa shape index (κ1) is 15.5. The van der Waals surface area contributed by atoms with Crippen LogP contribution >= 0.6 is 0 Å². The Bertz CT molecular complexity index is 413. The molecule has 3 heteroatoms. The van der Waals surface area contributed by atoms with Crippen molar-refractivity contribution in [3.05, 3.63) is 35.6 Å². The summed E-state index contributed by atoms with van der Waals surface area (Å²) in [5.74, 6) is 1.14. The molecule has 1 fully saturated rings. The van der Waals surface area contributed by atoms with E-state index in [4.69, 9.17) is 0 Å². The first-order valence-electron chi connectivity index (χ1n) is 7.76. The summed E-state index contributed by atoms with van der Waals surface area (Å²) in [6.07, 6.45) is 2.58. The molecule has 2 atom stereocenters. The minimum absolute atomic E-state index is 0.0792. The van der Waals surface area contributed by atoms with Crippen molar-refractivity contribution in [1.29, 1.82) is 0 Å². The Kier molecular flexibility index (Phi) is 5.55. The summed E-state index contributed by atoms with van der Waals surface area (Å²) in [5.41, 5.74) is 0.785. The van der Waals surface area contributed by atoms with Crippen LogP contribution in [0.5, 0.6) is 0 Å². The van der Waals surface area contributed by atoms with Gasteiger partial charge in [-0.05, 0) is 50.9 Å². The molecule has 1 aromatic rings. The van der Waals surface area contributed by atoms with Crippen molar-refractivity contribution in [2.45, 2.75) is 32.7 Å². The van der Waals surface area contributed by atoms with Gasteiger partial charge in [0.25, 0.3) is 0 Å². The quantitative estimate of drug-likeness (QED) is 0.887. The molecule has 2 nitrogen and oxygen atoms in total. The van der Waals surface area contributed by atoms with E-state index in [-0.39, 0.29) is 11.9 Å². The minimum Gasteiger partial charge on any atom is -0.313 e. The zero-order chi connectivity index (χ0) is 14.5. The molecule has 1 aliphatic rings. The molecule has 0 saturated carbocycles. The summed E-state index contributed by atoms with van der Waals surface area (Å²) in [6, 6.07) is 7.19. The van der Waals surface area contributed by atoms with Gasteiger partial charge in [-0.25, -0.2) is 4.39 Å². The van der Waals surface area contributed by atoms with Crippen LogP contribution in [-0.2, 0) is 0 Å². The van der Waals surface area contributed by atoms with Gasteiger partial charge in [0.1, 0.15) is 5.82 Å². The monoisotopic (exact) mass is 278 g/mol. The van der Waals surface area contributed by atoms with E-state index in [1.807, 2.05) is 19.2 Å². The van der Waals surface area contributed by atoms with Gasteiger partial charge >= 0.3 is 0 Å². The fraction of sp³-hybridized carbons (Fsp3) is 0.647. The maximum Gasteiger partial charge on any atom is 0.127 e. The van der Waals surface area contributed by atoms with Gasteiger partial charge in [0.2, 0.25) is 0 Å². The molecule has 1 aliphatic heterocycles. The maximum absolute atomic E-state index is 14.0. The predicted molar refractivity (Wildman–Crippen MR) is 82.2 cm³/mol. The molecule has 2 rings (SSSR count). The average Bonchev–Trinajstić information content (AvgIpc) is 2.44. The van der Waals surface area contributed by atoms with Crippen molar-refractivity contribution >= 4 is 0 Å². The molecule has 1 N–H and O–H groups in total. The fourth-order valence-electron chi connectivity index (χ4n) is 3.23. The van der Waals surface area contributed by atoms with Gasteiger partial charge in [-0.1, -0.05) is 32.0 Å². The van der Waals surface area contributed by atoms with Crippen LogP contribution in [-0.4, -0.2) is 31.6 Å². The number of hydrogen-bond acceptors (Lipinski definition) is 2. The Hall–Kier alpha value is -0.930. The highest BCUT2D eigenvalue weighted by Crippen LogP contribution is 2.26. The Morgan fingerprint density at radius 2 is 1.95 bits per heavy atom. The number of hydrogen-bond donors (Lipinski definition) is 1. The van der Waals surface area contributed by atoms with E-state index >= 15 is 0 Å². The van der Waals surface area contributed by atoms with Gasteiger partial charge in [0.05, 0.1) is 0 Å². The second-order valence-corrected chi connectivity index (χ2v) is 6.25. The summed E-state index contributed by atoms with van der Waals surface area (Å²) < 4.78 is 14.0. The van der Waals surface area contributed by atoms with Crippen molar-refractivity contribution < 1.29 is 4.39 Å².